The van der Waals surface area contributed by atoms with E-state index in [2.05, 4.69) is 54.4 Å². The van der Waals surface area contributed by atoms with Gasteiger partial charge in [0.1, 0.15) is 0 Å². The maximum atomic E-state index is 12.7. The smallest absolute Gasteiger partial charge is 0.225 e. The number of carbonyl (C=O) groups excluding carboxylic acids is 2. The van der Waals surface area contributed by atoms with Gasteiger partial charge in [0.15, 0.2) is 0 Å². The lowest BCUT2D eigenvalue weighted by Crippen LogP contribution is -2.52. The molecule has 2 aliphatic rings. The molecule has 2 heterocycles. The fourth-order valence-electron chi connectivity index (χ4n) is 4.86. The molecule has 2 atom stereocenters. The Hall–Kier alpha value is -1.92. The molecule has 2 fully saturated rings. The Labute approximate surface area is 193 Å². The van der Waals surface area contributed by atoms with Crippen molar-refractivity contribution in [3.8, 4) is 0 Å². The molecule has 0 saturated carbocycles. The second-order valence-corrected chi connectivity index (χ2v) is 9.80. The first-order valence-electron chi connectivity index (χ1n) is 12.4. The van der Waals surface area contributed by atoms with Gasteiger partial charge in [-0.05, 0) is 44.1 Å². The number of rotatable bonds is 10. The van der Waals surface area contributed by atoms with Crippen molar-refractivity contribution in [1.29, 1.82) is 0 Å². The maximum Gasteiger partial charge on any atom is 0.225 e. The molecule has 2 amide bonds. The van der Waals surface area contributed by atoms with E-state index in [1.807, 2.05) is 11.8 Å². The van der Waals surface area contributed by atoms with Gasteiger partial charge in [-0.2, -0.15) is 0 Å². The van der Waals surface area contributed by atoms with Gasteiger partial charge < -0.3 is 15.0 Å². The van der Waals surface area contributed by atoms with Gasteiger partial charge in [-0.3, -0.25) is 14.5 Å². The molecule has 2 saturated heterocycles. The number of benzene rings is 1. The highest BCUT2D eigenvalue weighted by atomic mass is 16.5. The Morgan fingerprint density at radius 3 is 2.56 bits per heavy atom. The topological polar surface area (TPSA) is 61.9 Å². The number of carbonyl (C=O) groups is 2. The van der Waals surface area contributed by atoms with E-state index in [0.717, 1.165) is 45.4 Å². The van der Waals surface area contributed by atoms with E-state index in [9.17, 15) is 9.59 Å². The monoisotopic (exact) mass is 443 g/mol. The molecule has 6 nitrogen and oxygen atoms in total. The summed E-state index contributed by atoms with van der Waals surface area (Å²) in [5.74, 6) is 0.554. The van der Waals surface area contributed by atoms with Crippen LogP contribution in [0.25, 0.3) is 0 Å². The molecule has 1 aromatic rings. The summed E-state index contributed by atoms with van der Waals surface area (Å²) in [5, 5.41) is 3.08. The van der Waals surface area contributed by atoms with Crippen molar-refractivity contribution >= 4 is 11.8 Å². The van der Waals surface area contributed by atoms with E-state index in [4.69, 9.17) is 4.74 Å². The molecule has 0 spiro atoms. The summed E-state index contributed by atoms with van der Waals surface area (Å²) >= 11 is 0. The quantitative estimate of drug-likeness (QED) is 0.563. The van der Waals surface area contributed by atoms with Gasteiger partial charge in [-0.1, -0.05) is 44.2 Å². The zero-order chi connectivity index (χ0) is 22.9. The van der Waals surface area contributed by atoms with Crippen LogP contribution in [0.5, 0.6) is 0 Å². The summed E-state index contributed by atoms with van der Waals surface area (Å²) in [6.07, 6.45) is 4.41. The van der Waals surface area contributed by atoms with Gasteiger partial charge in [-0.15, -0.1) is 0 Å². The molecule has 32 heavy (non-hydrogen) atoms. The van der Waals surface area contributed by atoms with E-state index in [0.29, 0.717) is 38.0 Å². The minimum atomic E-state index is -0.110. The van der Waals surface area contributed by atoms with Crippen LogP contribution in [0.15, 0.2) is 30.3 Å². The van der Waals surface area contributed by atoms with Gasteiger partial charge in [-0.25, -0.2) is 0 Å². The lowest BCUT2D eigenvalue weighted by molar-refractivity contribution is -0.143. The van der Waals surface area contributed by atoms with E-state index in [1.54, 1.807) is 0 Å². The molecule has 0 radical (unpaired) electrons. The van der Waals surface area contributed by atoms with Crippen molar-refractivity contribution in [1.82, 2.24) is 15.1 Å². The fraction of sp³-hybridized carbons (Fsp3) is 0.692. The van der Waals surface area contributed by atoms with E-state index in [1.165, 1.54) is 5.56 Å². The highest BCUT2D eigenvalue weighted by Crippen LogP contribution is 2.25. The molecule has 178 valence electrons. The number of nitrogens with zero attached hydrogens (tertiary/aromatic N) is 2. The van der Waals surface area contributed by atoms with Gasteiger partial charge in [0, 0.05) is 51.8 Å². The number of likely N-dealkylation sites (tertiary alicyclic amines) is 2. The van der Waals surface area contributed by atoms with Crippen molar-refractivity contribution in [3.05, 3.63) is 35.9 Å². The second kappa shape index (κ2) is 12.4. The van der Waals surface area contributed by atoms with Crippen LogP contribution in [0.4, 0.5) is 0 Å². The number of piperidine rings is 2. The molecule has 1 N–H and O–H groups in total. The summed E-state index contributed by atoms with van der Waals surface area (Å²) in [6.45, 7) is 11.4. The molecule has 2 aliphatic heterocycles. The van der Waals surface area contributed by atoms with Crippen LogP contribution >= 0.6 is 0 Å². The largest absolute Gasteiger partial charge is 0.378 e. The highest BCUT2D eigenvalue weighted by Gasteiger charge is 2.36. The third kappa shape index (κ3) is 7.31. The normalized spacial score (nSPS) is 23.0. The summed E-state index contributed by atoms with van der Waals surface area (Å²) in [5.41, 5.74) is 1.37. The van der Waals surface area contributed by atoms with Crippen LogP contribution < -0.4 is 5.32 Å². The fourth-order valence-corrected chi connectivity index (χ4v) is 4.86. The number of nitrogens with one attached hydrogen (secondary N) is 1. The number of hydrogen-bond acceptors (Lipinski definition) is 4. The van der Waals surface area contributed by atoms with Crippen molar-refractivity contribution in [3.63, 3.8) is 0 Å². The van der Waals surface area contributed by atoms with Crippen molar-refractivity contribution in [2.24, 2.45) is 11.8 Å². The minimum absolute atomic E-state index is 0.0315. The predicted molar refractivity (Wildman–Crippen MR) is 127 cm³/mol. The van der Waals surface area contributed by atoms with Gasteiger partial charge in [0.2, 0.25) is 11.8 Å². The lowest BCUT2D eigenvalue weighted by atomic mass is 9.88. The van der Waals surface area contributed by atoms with Crippen molar-refractivity contribution in [2.45, 2.75) is 71.6 Å². The zero-order valence-corrected chi connectivity index (χ0v) is 20.1. The SMILES string of the molecule is CC(C)CN1C(=O)CCC(C(=O)NCCCOC2CCN(Cc3ccccc3)CC2)C1C. The van der Waals surface area contributed by atoms with E-state index >= 15 is 0 Å². The third-order valence-electron chi connectivity index (χ3n) is 6.72. The van der Waals surface area contributed by atoms with Gasteiger partial charge >= 0.3 is 0 Å². The molecule has 2 unspecified atom stereocenters. The van der Waals surface area contributed by atoms with Crippen LogP contribution in [0.3, 0.4) is 0 Å². The van der Waals surface area contributed by atoms with E-state index < -0.39 is 0 Å². The zero-order valence-electron chi connectivity index (χ0n) is 20.1. The Morgan fingerprint density at radius 1 is 1.16 bits per heavy atom. The Morgan fingerprint density at radius 2 is 1.88 bits per heavy atom. The van der Waals surface area contributed by atoms with E-state index in [-0.39, 0.29) is 23.8 Å². The molecule has 3 rings (SSSR count). The Balaban J connectivity index is 1.29. The molecule has 1 aromatic carbocycles. The first-order valence-corrected chi connectivity index (χ1v) is 12.4. The average Bonchev–Trinajstić information content (AvgIpc) is 2.78. The summed E-state index contributed by atoms with van der Waals surface area (Å²) in [4.78, 5) is 29.3. The number of ether oxygens (including phenoxy) is 1. The van der Waals surface area contributed by atoms with Crippen LogP contribution in [0, 0.1) is 11.8 Å². The lowest BCUT2D eigenvalue weighted by Gasteiger charge is -2.39. The van der Waals surface area contributed by atoms with Crippen LogP contribution in [0.1, 0.15) is 58.4 Å². The van der Waals surface area contributed by atoms with Gasteiger partial charge in [0.05, 0.1) is 12.0 Å². The van der Waals surface area contributed by atoms with Crippen molar-refractivity contribution < 1.29 is 14.3 Å². The van der Waals surface area contributed by atoms with Crippen LogP contribution in [-0.4, -0.2) is 66.5 Å². The third-order valence-corrected chi connectivity index (χ3v) is 6.72. The Kier molecular flexibility index (Phi) is 9.54. The molecular formula is C26H41N3O3. The second-order valence-electron chi connectivity index (χ2n) is 9.80. The maximum absolute atomic E-state index is 12.7. The molecule has 6 heteroatoms. The van der Waals surface area contributed by atoms with Gasteiger partial charge in [0.25, 0.3) is 0 Å². The molecule has 0 aliphatic carbocycles. The summed E-state index contributed by atoms with van der Waals surface area (Å²) < 4.78 is 6.07. The number of amides is 2. The molecule has 0 bridgehead atoms. The summed E-state index contributed by atoms with van der Waals surface area (Å²) in [7, 11) is 0. The first kappa shape index (κ1) is 24.7. The van der Waals surface area contributed by atoms with Crippen molar-refractivity contribution in [2.75, 3.05) is 32.8 Å². The van der Waals surface area contributed by atoms with Crippen LogP contribution in [-0.2, 0) is 20.9 Å². The van der Waals surface area contributed by atoms with Crippen LogP contribution in [0.2, 0.25) is 0 Å². The summed E-state index contributed by atoms with van der Waals surface area (Å²) in [6, 6.07) is 10.6. The predicted octanol–water partition coefficient (Wildman–Crippen LogP) is 3.46. The highest BCUT2D eigenvalue weighted by molar-refractivity contribution is 5.84. The number of hydrogen-bond donors (Lipinski definition) is 1. The first-order chi connectivity index (χ1) is 15.4. The molecule has 0 aromatic heterocycles. The standard InChI is InChI=1S/C26H41N3O3/c1-20(2)18-29-21(3)24(10-11-25(29)30)26(31)27-14-7-17-32-23-12-15-28(16-13-23)19-22-8-5-4-6-9-22/h4-6,8-9,20-21,23-24H,7,10-19H2,1-3H3,(H,27,31). The minimum Gasteiger partial charge on any atom is -0.378 e. The average molecular weight is 444 g/mol. The Bertz CT molecular complexity index is 716. The molecular weight excluding hydrogens is 402 g/mol.